The number of hydrogen-bond acceptors (Lipinski definition) is 2. The number of rotatable bonds is 4. The van der Waals surface area contributed by atoms with Gasteiger partial charge in [0.2, 0.25) is 0 Å². The fourth-order valence-corrected chi connectivity index (χ4v) is 1.50. The molecule has 1 rings (SSSR count). The van der Waals surface area contributed by atoms with Gasteiger partial charge in [0.15, 0.2) is 0 Å². The van der Waals surface area contributed by atoms with Crippen molar-refractivity contribution in [3.8, 4) is 0 Å². The van der Waals surface area contributed by atoms with Gasteiger partial charge in [-0.15, -0.1) is 0 Å². The fourth-order valence-electron chi connectivity index (χ4n) is 1.09. The highest BCUT2D eigenvalue weighted by atomic mass is 79.9. The summed E-state index contributed by atoms with van der Waals surface area (Å²) in [5, 5.41) is 11.7. The van der Waals surface area contributed by atoms with Crippen LogP contribution in [0.2, 0.25) is 0 Å². The third kappa shape index (κ3) is 3.42. The normalized spacial score (nSPS) is 11.6. The maximum atomic E-state index is 13.4. The number of anilines is 1. The summed E-state index contributed by atoms with van der Waals surface area (Å²) >= 11 is 3.00. The number of aliphatic hydroxyl groups is 1. The molecule has 0 radical (unpaired) electrons. The van der Waals surface area contributed by atoms with Crippen molar-refractivity contribution in [2.75, 3.05) is 18.5 Å². The summed E-state index contributed by atoms with van der Waals surface area (Å²) in [5.74, 6) is -1.30. The molecular weight excluding hydrogens is 280 g/mol. The van der Waals surface area contributed by atoms with Crippen molar-refractivity contribution in [3.63, 3.8) is 0 Å². The van der Waals surface area contributed by atoms with Gasteiger partial charge < -0.3 is 10.4 Å². The van der Waals surface area contributed by atoms with Crippen molar-refractivity contribution in [2.45, 2.75) is 13.8 Å². The standard InChI is InChI=1S/C11H14BrF2NO/c1-11(2,6-16)5-15-10-8(13)3-7(12)4-9(10)14/h3-4,15-16H,5-6H2,1-2H3. The first-order valence-electron chi connectivity index (χ1n) is 4.85. The Hall–Kier alpha value is -0.680. The van der Waals surface area contributed by atoms with Crippen LogP contribution in [-0.4, -0.2) is 18.3 Å². The summed E-state index contributed by atoms with van der Waals surface area (Å²) in [5.41, 5.74) is -0.587. The second-order valence-corrected chi connectivity index (χ2v) is 5.34. The van der Waals surface area contributed by atoms with Gasteiger partial charge in [-0.05, 0) is 12.1 Å². The van der Waals surface area contributed by atoms with Gasteiger partial charge in [-0.1, -0.05) is 29.8 Å². The molecule has 0 atom stereocenters. The molecule has 16 heavy (non-hydrogen) atoms. The summed E-state index contributed by atoms with van der Waals surface area (Å²) in [6.07, 6.45) is 0. The third-order valence-electron chi connectivity index (χ3n) is 2.18. The van der Waals surface area contributed by atoms with E-state index in [9.17, 15) is 8.78 Å². The topological polar surface area (TPSA) is 32.3 Å². The lowest BCUT2D eigenvalue weighted by molar-refractivity contribution is 0.170. The zero-order valence-electron chi connectivity index (χ0n) is 9.15. The van der Waals surface area contributed by atoms with Crippen LogP contribution in [0, 0.1) is 17.0 Å². The van der Waals surface area contributed by atoms with Gasteiger partial charge in [0.1, 0.15) is 17.3 Å². The van der Waals surface area contributed by atoms with E-state index in [1.807, 2.05) is 0 Å². The highest BCUT2D eigenvalue weighted by Crippen LogP contribution is 2.25. The highest BCUT2D eigenvalue weighted by molar-refractivity contribution is 9.10. The molecule has 0 aliphatic heterocycles. The molecule has 0 spiro atoms. The van der Waals surface area contributed by atoms with Gasteiger partial charge in [-0.25, -0.2) is 8.78 Å². The van der Waals surface area contributed by atoms with Gasteiger partial charge in [0.05, 0.1) is 0 Å². The van der Waals surface area contributed by atoms with Crippen molar-refractivity contribution in [3.05, 3.63) is 28.2 Å². The van der Waals surface area contributed by atoms with E-state index < -0.39 is 17.0 Å². The van der Waals surface area contributed by atoms with Crippen LogP contribution in [0.5, 0.6) is 0 Å². The minimum Gasteiger partial charge on any atom is -0.396 e. The van der Waals surface area contributed by atoms with E-state index in [1.165, 1.54) is 12.1 Å². The van der Waals surface area contributed by atoms with Crippen LogP contribution in [-0.2, 0) is 0 Å². The van der Waals surface area contributed by atoms with E-state index >= 15 is 0 Å². The Morgan fingerprint density at radius 1 is 1.31 bits per heavy atom. The zero-order chi connectivity index (χ0) is 12.3. The lowest BCUT2D eigenvalue weighted by Gasteiger charge is -2.23. The van der Waals surface area contributed by atoms with Gasteiger partial charge in [0, 0.05) is 23.0 Å². The number of hydrogen-bond donors (Lipinski definition) is 2. The molecule has 90 valence electrons. The lowest BCUT2D eigenvalue weighted by atomic mass is 9.95. The first-order chi connectivity index (χ1) is 7.35. The quantitative estimate of drug-likeness (QED) is 0.894. The first kappa shape index (κ1) is 13.4. The van der Waals surface area contributed by atoms with E-state index in [-0.39, 0.29) is 12.3 Å². The van der Waals surface area contributed by atoms with Crippen molar-refractivity contribution in [1.29, 1.82) is 0 Å². The highest BCUT2D eigenvalue weighted by Gasteiger charge is 2.18. The van der Waals surface area contributed by atoms with Crippen LogP contribution in [0.4, 0.5) is 14.5 Å². The van der Waals surface area contributed by atoms with Crippen LogP contribution in [0.3, 0.4) is 0 Å². The second-order valence-electron chi connectivity index (χ2n) is 4.42. The molecule has 2 nitrogen and oxygen atoms in total. The van der Waals surface area contributed by atoms with Crippen molar-refractivity contribution >= 4 is 21.6 Å². The molecule has 0 bridgehead atoms. The van der Waals surface area contributed by atoms with E-state index in [4.69, 9.17) is 5.11 Å². The predicted octanol–water partition coefficient (Wildman–Crippen LogP) is 3.16. The molecule has 1 aromatic carbocycles. The van der Waals surface area contributed by atoms with Crippen LogP contribution >= 0.6 is 15.9 Å². The van der Waals surface area contributed by atoms with Crippen LogP contribution < -0.4 is 5.32 Å². The summed E-state index contributed by atoms with van der Waals surface area (Å²) < 4.78 is 27.1. The van der Waals surface area contributed by atoms with Gasteiger partial charge in [-0.3, -0.25) is 0 Å². The second kappa shape index (κ2) is 5.10. The number of halogens is 3. The Morgan fingerprint density at radius 2 is 1.81 bits per heavy atom. The molecule has 1 aromatic rings. The van der Waals surface area contributed by atoms with Crippen molar-refractivity contribution < 1.29 is 13.9 Å². The molecule has 0 amide bonds. The molecule has 0 aliphatic carbocycles. The van der Waals surface area contributed by atoms with Crippen LogP contribution in [0.25, 0.3) is 0 Å². The molecule has 0 saturated heterocycles. The van der Waals surface area contributed by atoms with E-state index in [0.717, 1.165) is 0 Å². The summed E-state index contributed by atoms with van der Waals surface area (Å²) in [7, 11) is 0. The maximum absolute atomic E-state index is 13.4. The smallest absolute Gasteiger partial charge is 0.150 e. The minimum absolute atomic E-state index is 0.0558. The SMILES string of the molecule is CC(C)(CO)CNc1c(F)cc(Br)cc1F. The molecular formula is C11H14BrF2NO. The Balaban J connectivity index is 2.82. The number of nitrogens with one attached hydrogen (secondary N) is 1. The molecule has 0 aliphatic rings. The van der Waals surface area contributed by atoms with Gasteiger partial charge in [-0.2, -0.15) is 0 Å². The Bertz CT molecular complexity index is 359. The summed E-state index contributed by atoms with van der Waals surface area (Å²) in [6, 6.07) is 2.38. The minimum atomic E-state index is -0.652. The Morgan fingerprint density at radius 3 is 2.25 bits per heavy atom. The number of benzene rings is 1. The number of aliphatic hydroxyl groups excluding tert-OH is 1. The predicted molar refractivity (Wildman–Crippen MR) is 63.4 cm³/mol. The Labute approximate surface area is 102 Å². The first-order valence-corrected chi connectivity index (χ1v) is 5.64. The van der Waals surface area contributed by atoms with E-state index in [2.05, 4.69) is 21.2 Å². The maximum Gasteiger partial charge on any atom is 0.150 e. The molecule has 2 N–H and O–H groups in total. The lowest BCUT2D eigenvalue weighted by Crippen LogP contribution is -2.27. The van der Waals surface area contributed by atoms with E-state index in [0.29, 0.717) is 11.0 Å². The Kier molecular flexibility index (Phi) is 4.27. The van der Waals surface area contributed by atoms with Gasteiger partial charge in [0.25, 0.3) is 0 Å². The fraction of sp³-hybridized carbons (Fsp3) is 0.455. The molecule has 0 fully saturated rings. The molecule has 0 saturated carbocycles. The monoisotopic (exact) mass is 293 g/mol. The average molecular weight is 294 g/mol. The summed E-state index contributed by atoms with van der Waals surface area (Å²) in [4.78, 5) is 0. The molecule has 0 unspecified atom stereocenters. The van der Waals surface area contributed by atoms with Crippen molar-refractivity contribution in [2.24, 2.45) is 5.41 Å². The van der Waals surface area contributed by atoms with E-state index in [1.54, 1.807) is 13.8 Å². The third-order valence-corrected chi connectivity index (χ3v) is 2.64. The molecule has 0 aromatic heterocycles. The van der Waals surface area contributed by atoms with Gasteiger partial charge >= 0.3 is 0 Å². The van der Waals surface area contributed by atoms with Crippen molar-refractivity contribution in [1.82, 2.24) is 0 Å². The molecule has 5 heteroatoms. The summed E-state index contributed by atoms with van der Waals surface area (Å²) in [6.45, 7) is 3.84. The average Bonchev–Trinajstić information content (AvgIpc) is 2.16. The van der Waals surface area contributed by atoms with Crippen LogP contribution in [0.1, 0.15) is 13.8 Å². The largest absolute Gasteiger partial charge is 0.396 e. The molecule has 0 heterocycles. The zero-order valence-corrected chi connectivity index (χ0v) is 10.7. The van der Waals surface area contributed by atoms with Crippen LogP contribution in [0.15, 0.2) is 16.6 Å².